The quantitative estimate of drug-likeness (QED) is 0.242. The Kier molecular flexibility index (Phi) is 4.25. The standard InChI is InChI=1S/C21H17N7O2/c29-28(30)19-12-25-21(26-18-3-1-2-17-15(18)7-9-23-17)27-20(19)24-11-13-4-5-16-14(10-13)6-8-22-16/h1-10,12,22-23H,11H2,(H2,24,25,26,27). The Hall–Kier alpha value is -4.40. The Morgan fingerprint density at radius 2 is 1.90 bits per heavy atom. The predicted molar refractivity (Wildman–Crippen MR) is 116 cm³/mol. The number of anilines is 3. The fraction of sp³-hybridized carbons (Fsp3) is 0.0476. The van der Waals surface area contributed by atoms with Crippen LogP contribution < -0.4 is 10.6 Å². The average Bonchev–Trinajstić information content (AvgIpc) is 3.41. The van der Waals surface area contributed by atoms with Crippen LogP contribution in [0.5, 0.6) is 0 Å². The van der Waals surface area contributed by atoms with Gasteiger partial charge in [-0.25, -0.2) is 4.98 Å². The third kappa shape index (κ3) is 3.28. The van der Waals surface area contributed by atoms with Crippen LogP contribution in [-0.4, -0.2) is 24.9 Å². The van der Waals surface area contributed by atoms with Crippen LogP contribution >= 0.6 is 0 Å². The molecule has 30 heavy (non-hydrogen) atoms. The van der Waals surface area contributed by atoms with E-state index in [4.69, 9.17) is 0 Å². The van der Waals surface area contributed by atoms with Crippen LogP contribution in [-0.2, 0) is 6.54 Å². The van der Waals surface area contributed by atoms with Crippen molar-refractivity contribution < 1.29 is 4.92 Å². The minimum absolute atomic E-state index is 0.160. The third-order valence-electron chi connectivity index (χ3n) is 4.89. The van der Waals surface area contributed by atoms with Crippen LogP contribution in [0.25, 0.3) is 21.8 Å². The van der Waals surface area contributed by atoms with E-state index in [0.717, 1.165) is 33.1 Å². The maximum atomic E-state index is 11.4. The summed E-state index contributed by atoms with van der Waals surface area (Å²) < 4.78 is 0. The number of fused-ring (bicyclic) bond motifs is 2. The summed E-state index contributed by atoms with van der Waals surface area (Å²) in [4.78, 5) is 25.7. The highest BCUT2D eigenvalue weighted by Gasteiger charge is 2.18. The topological polar surface area (TPSA) is 125 Å². The van der Waals surface area contributed by atoms with Crippen LogP contribution in [0, 0.1) is 10.1 Å². The van der Waals surface area contributed by atoms with Crippen molar-refractivity contribution >= 4 is 44.9 Å². The van der Waals surface area contributed by atoms with Crippen molar-refractivity contribution in [3.63, 3.8) is 0 Å². The van der Waals surface area contributed by atoms with E-state index in [1.807, 2.05) is 60.9 Å². The van der Waals surface area contributed by atoms with Crippen molar-refractivity contribution in [1.29, 1.82) is 0 Å². The second kappa shape index (κ2) is 7.21. The molecule has 4 N–H and O–H groups in total. The van der Waals surface area contributed by atoms with Gasteiger partial charge in [0.05, 0.1) is 10.6 Å². The first kappa shape index (κ1) is 17.7. The minimum atomic E-state index is -0.492. The molecule has 148 valence electrons. The van der Waals surface area contributed by atoms with E-state index >= 15 is 0 Å². The predicted octanol–water partition coefficient (Wildman–Crippen LogP) is 4.70. The van der Waals surface area contributed by atoms with Crippen molar-refractivity contribution in [2.75, 3.05) is 10.6 Å². The summed E-state index contributed by atoms with van der Waals surface area (Å²) in [7, 11) is 0. The van der Waals surface area contributed by atoms with Crippen LogP contribution in [0.1, 0.15) is 5.56 Å². The number of hydrogen-bond acceptors (Lipinski definition) is 6. The van der Waals surface area contributed by atoms with Gasteiger partial charge in [0.25, 0.3) is 0 Å². The van der Waals surface area contributed by atoms with Gasteiger partial charge in [-0.1, -0.05) is 12.1 Å². The van der Waals surface area contributed by atoms with Crippen LogP contribution in [0.2, 0.25) is 0 Å². The van der Waals surface area contributed by atoms with Gasteiger partial charge in [0.2, 0.25) is 11.8 Å². The highest BCUT2D eigenvalue weighted by Crippen LogP contribution is 2.27. The second-order valence-corrected chi connectivity index (χ2v) is 6.81. The second-order valence-electron chi connectivity index (χ2n) is 6.81. The van der Waals surface area contributed by atoms with Gasteiger partial charge in [-0.05, 0) is 47.3 Å². The number of nitrogens with one attached hydrogen (secondary N) is 4. The molecule has 0 spiro atoms. The molecule has 3 heterocycles. The number of nitro groups is 1. The van der Waals surface area contributed by atoms with Crippen LogP contribution in [0.4, 0.5) is 23.1 Å². The molecule has 0 fully saturated rings. The smallest absolute Gasteiger partial charge is 0.329 e. The van der Waals surface area contributed by atoms with Gasteiger partial charge < -0.3 is 20.6 Å². The summed E-state index contributed by atoms with van der Waals surface area (Å²) in [6.45, 7) is 0.395. The van der Waals surface area contributed by atoms with E-state index < -0.39 is 4.92 Å². The Morgan fingerprint density at radius 1 is 1.03 bits per heavy atom. The number of H-pyrrole nitrogens is 2. The maximum absolute atomic E-state index is 11.4. The van der Waals surface area contributed by atoms with E-state index in [0.29, 0.717) is 6.54 Å². The summed E-state index contributed by atoms with van der Waals surface area (Å²) in [5.74, 6) is 0.436. The molecule has 0 atom stereocenters. The lowest BCUT2D eigenvalue weighted by atomic mass is 10.1. The molecule has 9 nitrogen and oxygen atoms in total. The Balaban J connectivity index is 1.42. The zero-order chi connectivity index (χ0) is 20.5. The molecule has 0 saturated heterocycles. The minimum Gasteiger partial charge on any atom is -0.361 e. The molecule has 0 amide bonds. The van der Waals surface area contributed by atoms with Crippen molar-refractivity contribution in [3.05, 3.63) is 82.8 Å². The van der Waals surface area contributed by atoms with Gasteiger partial charge in [0.1, 0.15) is 6.20 Å². The fourth-order valence-corrected chi connectivity index (χ4v) is 3.41. The normalized spacial score (nSPS) is 11.1. The molecular formula is C21H17N7O2. The molecule has 0 unspecified atom stereocenters. The first-order valence-corrected chi connectivity index (χ1v) is 9.32. The van der Waals surface area contributed by atoms with Crippen molar-refractivity contribution in [3.8, 4) is 0 Å². The van der Waals surface area contributed by atoms with E-state index in [2.05, 4.69) is 30.6 Å². The summed E-state index contributed by atoms with van der Waals surface area (Å²) in [5, 5.41) is 19.7. The first-order chi connectivity index (χ1) is 14.7. The summed E-state index contributed by atoms with van der Waals surface area (Å²) >= 11 is 0. The van der Waals surface area contributed by atoms with Crippen molar-refractivity contribution in [2.45, 2.75) is 6.54 Å². The van der Waals surface area contributed by atoms with Crippen molar-refractivity contribution in [1.82, 2.24) is 19.9 Å². The monoisotopic (exact) mass is 399 g/mol. The van der Waals surface area contributed by atoms with Gasteiger partial charge in [0.15, 0.2) is 0 Å². The van der Waals surface area contributed by atoms with Gasteiger partial charge >= 0.3 is 5.69 Å². The SMILES string of the molecule is O=[N+]([O-])c1cnc(Nc2cccc3[nH]ccc23)nc1NCc1ccc2[nH]ccc2c1. The van der Waals surface area contributed by atoms with E-state index in [9.17, 15) is 10.1 Å². The molecule has 0 aliphatic rings. The number of hydrogen-bond donors (Lipinski definition) is 4. The molecular weight excluding hydrogens is 382 g/mol. The molecule has 9 heteroatoms. The number of aromatic amines is 2. The molecule has 0 radical (unpaired) electrons. The van der Waals surface area contributed by atoms with Gasteiger partial charge in [0, 0.05) is 35.4 Å². The summed E-state index contributed by atoms with van der Waals surface area (Å²) in [6, 6.07) is 15.7. The van der Waals surface area contributed by atoms with Gasteiger partial charge in [-0.15, -0.1) is 0 Å². The molecule has 5 aromatic rings. The third-order valence-corrected chi connectivity index (χ3v) is 4.89. The number of aromatic nitrogens is 4. The molecule has 2 aromatic carbocycles. The van der Waals surface area contributed by atoms with Crippen LogP contribution in [0.3, 0.4) is 0 Å². The zero-order valence-electron chi connectivity index (χ0n) is 15.7. The lowest BCUT2D eigenvalue weighted by Gasteiger charge is -2.10. The Bertz CT molecular complexity index is 1370. The van der Waals surface area contributed by atoms with Gasteiger partial charge in [-0.3, -0.25) is 10.1 Å². The molecule has 3 aromatic heterocycles. The van der Waals surface area contributed by atoms with Crippen LogP contribution in [0.15, 0.2) is 67.1 Å². The highest BCUT2D eigenvalue weighted by atomic mass is 16.6. The lowest BCUT2D eigenvalue weighted by molar-refractivity contribution is -0.384. The first-order valence-electron chi connectivity index (χ1n) is 9.32. The molecule has 5 rings (SSSR count). The number of benzene rings is 2. The largest absolute Gasteiger partial charge is 0.361 e. The zero-order valence-corrected chi connectivity index (χ0v) is 15.7. The Morgan fingerprint density at radius 3 is 2.80 bits per heavy atom. The van der Waals surface area contributed by atoms with Crippen molar-refractivity contribution in [2.24, 2.45) is 0 Å². The van der Waals surface area contributed by atoms with E-state index in [-0.39, 0.29) is 17.5 Å². The molecule has 0 aliphatic heterocycles. The molecule has 0 saturated carbocycles. The summed E-state index contributed by atoms with van der Waals surface area (Å²) in [6.07, 6.45) is 4.94. The summed E-state index contributed by atoms with van der Waals surface area (Å²) in [5.41, 5.74) is 3.63. The highest BCUT2D eigenvalue weighted by molar-refractivity contribution is 5.93. The lowest BCUT2D eigenvalue weighted by Crippen LogP contribution is -2.07. The molecule has 0 aliphatic carbocycles. The number of rotatable bonds is 6. The average molecular weight is 399 g/mol. The Labute approximate surface area is 170 Å². The number of nitrogens with zero attached hydrogens (tertiary/aromatic N) is 3. The van der Waals surface area contributed by atoms with E-state index in [1.165, 1.54) is 6.20 Å². The van der Waals surface area contributed by atoms with Gasteiger partial charge in [-0.2, -0.15) is 4.98 Å². The fourth-order valence-electron chi connectivity index (χ4n) is 3.41. The van der Waals surface area contributed by atoms with E-state index in [1.54, 1.807) is 0 Å². The maximum Gasteiger partial charge on any atom is 0.329 e. The molecule has 0 bridgehead atoms.